The molecule has 1 aliphatic heterocycles. The summed E-state index contributed by atoms with van der Waals surface area (Å²) in [4.78, 5) is 0. The molecular weight excluding hydrogens is 478 g/mol. The van der Waals surface area contributed by atoms with Crippen molar-refractivity contribution in [3.05, 3.63) is 112 Å². The van der Waals surface area contributed by atoms with Crippen LogP contribution in [0.25, 0.3) is 22.3 Å². The van der Waals surface area contributed by atoms with E-state index in [4.69, 9.17) is 9.47 Å². The van der Waals surface area contributed by atoms with Crippen LogP contribution in [0.15, 0.2) is 60.7 Å². The predicted molar refractivity (Wildman–Crippen MR) is 162 cm³/mol. The number of hydrogen-bond acceptors (Lipinski definition) is 2. The number of hydrogen-bond donors (Lipinski definition) is 0. The minimum Gasteiger partial charge on any atom is -0.498 e. The maximum absolute atomic E-state index is 6.87. The number of rotatable bonds is 2. The summed E-state index contributed by atoms with van der Waals surface area (Å²) in [5.41, 5.74) is 14.0. The van der Waals surface area contributed by atoms with Gasteiger partial charge in [-0.3, -0.25) is 4.58 Å². The summed E-state index contributed by atoms with van der Waals surface area (Å²) >= 11 is 0. The first-order chi connectivity index (χ1) is 18.4. The van der Waals surface area contributed by atoms with Crippen LogP contribution in [0.5, 0.6) is 11.5 Å². The first kappa shape index (κ1) is 26.6. The second-order valence-corrected chi connectivity index (χ2v) is 11.5. The lowest BCUT2D eigenvalue weighted by atomic mass is 9.91. The molecule has 3 heteroatoms. The second kappa shape index (κ2) is 9.96. The van der Waals surface area contributed by atoms with Gasteiger partial charge >= 0.3 is 0 Å². The predicted octanol–water partition coefficient (Wildman–Crippen LogP) is 8.80. The Bertz CT molecular complexity index is 1450. The van der Waals surface area contributed by atoms with Gasteiger partial charge in [0.2, 0.25) is 5.79 Å². The summed E-state index contributed by atoms with van der Waals surface area (Å²) in [6.45, 7) is 24.0. The fraction of sp³-hybridized carbons (Fsp3) is 0.278. The van der Waals surface area contributed by atoms with E-state index in [1.165, 1.54) is 44.5 Å². The SMILES string of the molecule is C=[N+]1[CH-]c2cccc(-c3c(C)cc(C)cc3C)c2OC(C)(C)Oc2c(cccc2-c2c(C)cc(C)cc2C)C1. The molecule has 0 aliphatic carbocycles. The Labute approximate surface area is 233 Å². The molecule has 0 unspecified atom stereocenters. The molecule has 0 saturated heterocycles. The summed E-state index contributed by atoms with van der Waals surface area (Å²) in [6.07, 6.45) is 0. The van der Waals surface area contributed by atoms with Gasteiger partial charge < -0.3 is 9.47 Å². The van der Waals surface area contributed by atoms with E-state index >= 15 is 0 Å². The molecule has 0 saturated carbocycles. The molecule has 1 aliphatic rings. The van der Waals surface area contributed by atoms with Crippen molar-refractivity contribution in [2.45, 2.75) is 67.7 Å². The number of fused-ring (bicyclic) bond motifs is 2. The third-order valence-electron chi connectivity index (χ3n) is 7.43. The molecule has 0 amide bonds. The van der Waals surface area contributed by atoms with Gasteiger partial charge in [0.1, 0.15) is 5.75 Å². The van der Waals surface area contributed by atoms with E-state index in [1.807, 2.05) is 18.4 Å². The molecular formula is C36H39NO2. The van der Waals surface area contributed by atoms with E-state index in [-0.39, 0.29) is 0 Å². The van der Waals surface area contributed by atoms with Crippen molar-refractivity contribution in [3.63, 3.8) is 0 Å². The molecule has 0 atom stereocenters. The lowest BCUT2D eigenvalue weighted by Gasteiger charge is -2.35. The van der Waals surface area contributed by atoms with E-state index in [1.54, 1.807) is 0 Å². The van der Waals surface area contributed by atoms with Gasteiger partial charge in [-0.2, -0.15) is 0 Å². The lowest BCUT2D eigenvalue weighted by Crippen LogP contribution is -2.37. The quantitative estimate of drug-likeness (QED) is 0.196. The molecule has 39 heavy (non-hydrogen) atoms. The molecule has 200 valence electrons. The van der Waals surface area contributed by atoms with Crippen LogP contribution in [0, 0.1) is 48.1 Å². The van der Waals surface area contributed by atoms with Gasteiger partial charge in [0.05, 0.1) is 24.6 Å². The zero-order valence-corrected chi connectivity index (χ0v) is 24.5. The molecule has 5 rings (SSSR count). The molecule has 0 spiro atoms. The largest absolute Gasteiger partial charge is 0.498 e. The van der Waals surface area contributed by atoms with Crippen molar-refractivity contribution in [2.24, 2.45) is 0 Å². The molecule has 4 aromatic carbocycles. The van der Waals surface area contributed by atoms with Crippen LogP contribution in [-0.2, 0) is 6.54 Å². The minimum atomic E-state index is -0.939. The van der Waals surface area contributed by atoms with Crippen molar-refractivity contribution in [3.8, 4) is 33.8 Å². The fourth-order valence-electron chi connectivity index (χ4n) is 6.18. The van der Waals surface area contributed by atoms with E-state index in [9.17, 15) is 0 Å². The standard InChI is InChI=1S/C36H39NO2/c1-22-16-24(3)32(25(4)17-22)30-14-10-12-28-20-37(9)21-29-13-11-15-31(33-26(5)18-23(2)19-27(33)6)35(29)39-36(7,8)38-34(28)30/h10-20H,9,21H2,1-8H3. The first-order valence-electron chi connectivity index (χ1n) is 13.6. The Hall–Kier alpha value is -3.98. The Balaban J connectivity index is 1.68. The molecule has 3 nitrogen and oxygen atoms in total. The van der Waals surface area contributed by atoms with E-state index in [0.29, 0.717) is 6.54 Å². The van der Waals surface area contributed by atoms with Gasteiger partial charge in [-0.1, -0.05) is 53.6 Å². The summed E-state index contributed by atoms with van der Waals surface area (Å²) in [5.74, 6) is 0.699. The molecule has 4 aromatic rings. The normalized spacial score (nSPS) is 14.4. The average Bonchev–Trinajstić information content (AvgIpc) is 2.81. The average molecular weight is 518 g/mol. The lowest BCUT2D eigenvalue weighted by molar-refractivity contribution is -0.490. The summed E-state index contributed by atoms with van der Waals surface area (Å²) in [6, 6.07) is 21.6. The monoisotopic (exact) mass is 517 g/mol. The van der Waals surface area contributed by atoms with E-state index < -0.39 is 5.79 Å². The highest BCUT2D eigenvalue weighted by molar-refractivity contribution is 5.79. The smallest absolute Gasteiger partial charge is 0.236 e. The highest BCUT2D eigenvalue weighted by Crippen LogP contribution is 2.44. The van der Waals surface area contributed by atoms with Gasteiger partial charge in [0.15, 0.2) is 6.54 Å². The second-order valence-electron chi connectivity index (χ2n) is 11.5. The fourth-order valence-corrected chi connectivity index (χ4v) is 6.18. The van der Waals surface area contributed by atoms with E-state index in [2.05, 4.69) is 115 Å². The maximum Gasteiger partial charge on any atom is 0.236 e. The zero-order valence-electron chi connectivity index (χ0n) is 24.5. The highest BCUT2D eigenvalue weighted by Gasteiger charge is 2.29. The third-order valence-corrected chi connectivity index (χ3v) is 7.43. The van der Waals surface area contributed by atoms with Gasteiger partial charge in [0, 0.05) is 19.4 Å². The number of aryl methyl sites for hydroxylation is 6. The van der Waals surface area contributed by atoms with Crippen LogP contribution >= 0.6 is 0 Å². The van der Waals surface area contributed by atoms with Crippen molar-refractivity contribution < 1.29 is 14.0 Å². The topological polar surface area (TPSA) is 21.5 Å². The van der Waals surface area contributed by atoms with Crippen molar-refractivity contribution in [1.82, 2.24) is 0 Å². The number of nitrogens with zero attached hydrogens (tertiary/aromatic N) is 1. The zero-order chi connectivity index (χ0) is 28.1. The molecule has 0 N–H and O–H groups in total. The minimum absolute atomic E-state index is 0.607. The van der Waals surface area contributed by atoms with Crippen LogP contribution in [-0.4, -0.2) is 17.1 Å². The van der Waals surface area contributed by atoms with Crippen LogP contribution < -0.4 is 9.47 Å². The third kappa shape index (κ3) is 5.18. The Morgan fingerprint density at radius 1 is 0.692 bits per heavy atom. The van der Waals surface area contributed by atoms with Crippen molar-refractivity contribution >= 4 is 6.72 Å². The van der Waals surface area contributed by atoms with Gasteiger partial charge in [0.25, 0.3) is 0 Å². The van der Waals surface area contributed by atoms with Gasteiger partial charge in [-0.05, 0) is 92.1 Å². The summed E-state index contributed by atoms with van der Waals surface area (Å²) in [5, 5.41) is 0. The summed E-state index contributed by atoms with van der Waals surface area (Å²) < 4.78 is 15.7. The van der Waals surface area contributed by atoms with E-state index in [0.717, 1.165) is 33.8 Å². The van der Waals surface area contributed by atoms with Crippen molar-refractivity contribution in [1.29, 1.82) is 0 Å². The Kier molecular flexibility index (Phi) is 6.80. The van der Waals surface area contributed by atoms with Crippen LogP contribution in [0.4, 0.5) is 0 Å². The summed E-state index contributed by atoms with van der Waals surface area (Å²) in [7, 11) is 0. The number of ether oxygens (including phenoxy) is 2. The Morgan fingerprint density at radius 2 is 1.15 bits per heavy atom. The molecule has 0 radical (unpaired) electrons. The first-order valence-corrected chi connectivity index (χ1v) is 13.6. The van der Waals surface area contributed by atoms with Crippen LogP contribution in [0.1, 0.15) is 58.4 Å². The van der Waals surface area contributed by atoms with Gasteiger partial charge in [-0.25, -0.2) is 0 Å². The van der Waals surface area contributed by atoms with Gasteiger partial charge in [-0.15, -0.1) is 12.1 Å². The molecule has 1 heterocycles. The molecule has 0 bridgehead atoms. The molecule has 0 aromatic heterocycles. The van der Waals surface area contributed by atoms with Crippen LogP contribution in [0.2, 0.25) is 0 Å². The maximum atomic E-state index is 6.87. The molecule has 0 fully saturated rings. The highest BCUT2D eigenvalue weighted by atomic mass is 16.7. The number of benzene rings is 4. The number of para-hydroxylation sites is 2. The van der Waals surface area contributed by atoms with Crippen LogP contribution in [0.3, 0.4) is 0 Å². The van der Waals surface area contributed by atoms with Crippen molar-refractivity contribution in [2.75, 3.05) is 0 Å². The Morgan fingerprint density at radius 3 is 1.69 bits per heavy atom.